The highest BCUT2D eigenvalue weighted by molar-refractivity contribution is 7.13. The van der Waals surface area contributed by atoms with Crippen molar-refractivity contribution in [1.82, 2.24) is 15.1 Å². The lowest BCUT2D eigenvalue weighted by molar-refractivity contribution is -0.134. The highest BCUT2D eigenvalue weighted by Gasteiger charge is 2.28. The Morgan fingerprint density at radius 3 is 2.66 bits per heavy atom. The van der Waals surface area contributed by atoms with E-state index in [1.165, 1.54) is 11.3 Å². The van der Waals surface area contributed by atoms with Crippen molar-refractivity contribution in [2.24, 2.45) is 0 Å². The Balaban J connectivity index is 1.33. The van der Waals surface area contributed by atoms with Crippen LogP contribution in [-0.2, 0) is 4.79 Å². The summed E-state index contributed by atoms with van der Waals surface area (Å²) in [5.41, 5.74) is 1.84. The van der Waals surface area contributed by atoms with E-state index in [0.717, 1.165) is 23.4 Å². The number of amides is 2. The number of nitrogens with zero attached hydrogens (tertiary/aromatic N) is 3. The molecule has 0 spiro atoms. The molecule has 32 heavy (non-hydrogen) atoms. The summed E-state index contributed by atoms with van der Waals surface area (Å²) in [6.07, 6.45) is 1.76. The van der Waals surface area contributed by atoms with Gasteiger partial charge in [-0.05, 0) is 56.2 Å². The summed E-state index contributed by atoms with van der Waals surface area (Å²) in [5.74, 6) is 0.301. The van der Waals surface area contributed by atoms with Gasteiger partial charge in [-0.1, -0.05) is 40.6 Å². The molecular weight excluding hydrogens is 448 g/mol. The van der Waals surface area contributed by atoms with E-state index in [2.05, 4.69) is 15.5 Å². The van der Waals surface area contributed by atoms with Crippen molar-refractivity contribution in [2.75, 3.05) is 25.0 Å². The zero-order valence-corrected chi connectivity index (χ0v) is 19.2. The summed E-state index contributed by atoms with van der Waals surface area (Å²) >= 11 is 7.15. The second-order valence-electron chi connectivity index (χ2n) is 7.69. The summed E-state index contributed by atoms with van der Waals surface area (Å²) in [6, 6.07) is 14.5. The molecule has 1 aliphatic heterocycles. The second-order valence-corrected chi connectivity index (χ2v) is 9.13. The SMILES string of the molecule is Cc1ccc(NC(=O)c2nnc(C3CCCN(C(=O)COc4ccc(Cl)cc4)C3)s2)cc1. The number of benzene rings is 2. The summed E-state index contributed by atoms with van der Waals surface area (Å²) in [5, 5.41) is 12.9. The number of carbonyl (C=O) groups excluding carboxylic acids is 2. The van der Waals surface area contributed by atoms with E-state index in [4.69, 9.17) is 16.3 Å². The van der Waals surface area contributed by atoms with Gasteiger partial charge in [0.15, 0.2) is 6.61 Å². The van der Waals surface area contributed by atoms with Crippen LogP contribution >= 0.6 is 22.9 Å². The van der Waals surface area contributed by atoms with Gasteiger partial charge in [0.25, 0.3) is 11.8 Å². The Bertz CT molecular complexity index is 1090. The van der Waals surface area contributed by atoms with E-state index in [1.807, 2.05) is 31.2 Å². The molecule has 0 bridgehead atoms. The third-order valence-electron chi connectivity index (χ3n) is 5.24. The number of halogens is 1. The molecular formula is C23H23ClN4O3S. The molecule has 0 radical (unpaired) electrons. The van der Waals surface area contributed by atoms with Crippen molar-refractivity contribution in [3.8, 4) is 5.75 Å². The Kier molecular flexibility index (Phi) is 7.02. The molecule has 166 valence electrons. The largest absolute Gasteiger partial charge is 0.484 e. The molecule has 1 saturated heterocycles. The molecule has 7 nitrogen and oxygen atoms in total. The highest BCUT2D eigenvalue weighted by Crippen LogP contribution is 2.29. The van der Waals surface area contributed by atoms with Gasteiger partial charge in [0.2, 0.25) is 5.01 Å². The predicted molar refractivity (Wildman–Crippen MR) is 125 cm³/mol. The van der Waals surface area contributed by atoms with Crippen LogP contribution in [0.15, 0.2) is 48.5 Å². The Morgan fingerprint density at radius 2 is 1.91 bits per heavy atom. The summed E-state index contributed by atoms with van der Waals surface area (Å²) in [7, 11) is 0. The van der Waals surface area contributed by atoms with Crippen molar-refractivity contribution >= 4 is 40.4 Å². The van der Waals surface area contributed by atoms with Crippen LogP contribution in [-0.4, -0.2) is 46.6 Å². The minimum atomic E-state index is -0.280. The number of likely N-dealkylation sites (tertiary alicyclic amines) is 1. The number of piperidine rings is 1. The quantitative estimate of drug-likeness (QED) is 0.571. The van der Waals surface area contributed by atoms with Crippen LogP contribution in [0.5, 0.6) is 5.75 Å². The van der Waals surface area contributed by atoms with E-state index < -0.39 is 0 Å². The average molecular weight is 471 g/mol. The van der Waals surface area contributed by atoms with Gasteiger partial charge in [0.1, 0.15) is 10.8 Å². The lowest BCUT2D eigenvalue weighted by Crippen LogP contribution is -2.41. The maximum Gasteiger partial charge on any atom is 0.286 e. The van der Waals surface area contributed by atoms with Crippen LogP contribution in [0.3, 0.4) is 0 Å². The van der Waals surface area contributed by atoms with Crippen LogP contribution in [0.1, 0.15) is 39.1 Å². The lowest BCUT2D eigenvalue weighted by Gasteiger charge is -2.31. The maximum atomic E-state index is 12.6. The molecule has 1 unspecified atom stereocenters. The number of hydrogen-bond donors (Lipinski definition) is 1. The van der Waals surface area contributed by atoms with Gasteiger partial charge in [0, 0.05) is 29.7 Å². The van der Waals surface area contributed by atoms with E-state index in [1.54, 1.807) is 29.2 Å². The number of aryl methyl sites for hydroxylation is 1. The molecule has 0 saturated carbocycles. The second kappa shape index (κ2) is 10.1. The van der Waals surface area contributed by atoms with Crippen molar-refractivity contribution < 1.29 is 14.3 Å². The molecule has 2 amide bonds. The van der Waals surface area contributed by atoms with Crippen LogP contribution in [0.4, 0.5) is 5.69 Å². The lowest BCUT2D eigenvalue weighted by atomic mass is 9.99. The molecule has 9 heteroatoms. The third-order valence-corrected chi connectivity index (χ3v) is 6.58. The van der Waals surface area contributed by atoms with E-state index in [9.17, 15) is 9.59 Å². The number of rotatable bonds is 6. The number of anilines is 1. The van der Waals surface area contributed by atoms with Gasteiger partial charge in [-0.15, -0.1) is 10.2 Å². The van der Waals surface area contributed by atoms with Crippen molar-refractivity contribution in [1.29, 1.82) is 0 Å². The summed E-state index contributed by atoms with van der Waals surface area (Å²) in [6.45, 7) is 3.18. The summed E-state index contributed by atoms with van der Waals surface area (Å²) < 4.78 is 5.59. The van der Waals surface area contributed by atoms with Gasteiger partial charge in [-0.3, -0.25) is 9.59 Å². The molecule has 1 aliphatic rings. The minimum Gasteiger partial charge on any atom is -0.484 e. The number of ether oxygens (including phenoxy) is 1. The van der Waals surface area contributed by atoms with Crippen LogP contribution < -0.4 is 10.1 Å². The molecule has 2 aromatic carbocycles. The van der Waals surface area contributed by atoms with Gasteiger partial charge in [-0.2, -0.15) is 0 Å². The van der Waals surface area contributed by atoms with Gasteiger partial charge in [0.05, 0.1) is 0 Å². The molecule has 1 aromatic heterocycles. The number of aromatic nitrogens is 2. The van der Waals surface area contributed by atoms with Crippen LogP contribution in [0.2, 0.25) is 5.02 Å². The normalized spacial score (nSPS) is 15.9. The zero-order valence-electron chi connectivity index (χ0n) is 17.6. The highest BCUT2D eigenvalue weighted by atomic mass is 35.5. The standard InChI is InChI=1S/C23H23ClN4O3S/c1-15-4-8-18(9-5-15)25-21(30)23-27-26-22(32-23)16-3-2-12-28(13-16)20(29)14-31-19-10-6-17(24)7-11-19/h4-11,16H,2-3,12-14H2,1H3,(H,25,30). The van der Waals surface area contributed by atoms with Crippen molar-refractivity contribution in [3.05, 3.63) is 69.1 Å². The smallest absolute Gasteiger partial charge is 0.286 e. The third kappa shape index (κ3) is 5.63. The van der Waals surface area contributed by atoms with E-state index >= 15 is 0 Å². The van der Waals surface area contributed by atoms with Crippen LogP contribution in [0, 0.1) is 6.92 Å². The first-order valence-electron chi connectivity index (χ1n) is 10.4. The van der Waals surface area contributed by atoms with Crippen molar-refractivity contribution in [2.45, 2.75) is 25.7 Å². The molecule has 0 aliphatic carbocycles. The fourth-order valence-corrected chi connectivity index (χ4v) is 4.48. The Labute approximate surface area is 195 Å². The predicted octanol–water partition coefficient (Wildman–Crippen LogP) is 4.54. The van der Waals surface area contributed by atoms with Gasteiger partial charge in [-0.25, -0.2) is 0 Å². The first-order chi connectivity index (χ1) is 15.5. The first-order valence-corrected chi connectivity index (χ1v) is 11.5. The van der Waals surface area contributed by atoms with Gasteiger partial charge >= 0.3 is 0 Å². The maximum absolute atomic E-state index is 12.6. The molecule has 1 atom stereocenters. The average Bonchev–Trinajstić information content (AvgIpc) is 3.31. The molecule has 3 aromatic rings. The number of hydrogen-bond acceptors (Lipinski definition) is 6. The fourth-order valence-electron chi connectivity index (χ4n) is 3.49. The topological polar surface area (TPSA) is 84.4 Å². The first kappa shape index (κ1) is 22.2. The van der Waals surface area contributed by atoms with E-state index in [-0.39, 0.29) is 24.3 Å². The molecule has 1 N–H and O–H groups in total. The minimum absolute atomic E-state index is 0.0331. The monoisotopic (exact) mass is 470 g/mol. The zero-order chi connectivity index (χ0) is 22.5. The number of carbonyl (C=O) groups is 2. The van der Waals surface area contributed by atoms with Gasteiger partial charge < -0.3 is 15.0 Å². The van der Waals surface area contributed by atoms with Crippen LogP contribution in [0.25, 0.3) is 0 Å². The fraction of sp³-hybridized carbons (Fsp3) is 0.304. The van der Waals surface area contributed by atoms with Crippen molar-refractivity contribution in [3.63, 3.8) is 0 Å². The molecule has 2 heterocycles. The molecule has 4 rings (SSSR count). The summed E-state index contributed by atoms with van der Waals surface area (Å²) in [4.78, 5) is 26.9. The Morgan fingerprint density at radius 1 is 1.16 bits per heavy atom. The number of nitrogens with one attached hydrogen (secondary N) is 1. The Hall–Kier alpha value is -2.97. The molecule has 1 fully saturated rings. The van der Waals surface area contributed by atoms with E-state index in [0.29, 0.717) is 34.6 Å².